The van der Waals surface area contributed by atoms with Crippen LogP contribution in [0.1, 0.15) is 31.7 Å². The van der Waals surface area contributed by atoms with Crippen molar-refractivity contribution in [2.24, 2.45) is 0 Å². The Morgan fingerprint density at radius 2 is 2.00 bits per heavy atom. The van der Waals surface area contributed by atoms with Gasteiger partial charge in [-0.2, -0.15) is 0 Å². The summed E-state index contributed by atoms with van der Waals surface area (Å²) in [7, 11) is 0. The van der Waals surface area contributed by atoms with Crippen molar-refractivity contribution in [3.8, 4) is 5.88 Å². The molecule has 0 amide bonds. The van der Waals surface area contributed by atoms with Gasteiger partial charge in [-0.05, 0) is 44.8 Å². The van der Waals surface area contributed by atoms with Gasteiger partial charge in [0.05, 0.1) is 12.7 Å². The molecule has 2 saturated heterocycles. The minimum Gasteiger partial charge on any atom is -0.478 e. The second kappa shape index (κ2) is 8.62. The van der Waals surface area contributed by atoms with Gasteiger partial charge in [0.1, 0.15) is 0 Å². The Kier molecular flexibility index (Phi) is 6.25. The first-order chi connectivity index (χ1) is 11.3. The Morgan fingerprint density at radius 1 is 1.17 bits per heavy atom. The molecule has 0 unspecified atom stereocenters. The van der Waals surface area contributed by atoms with Gasteiger partial charge in [0.25, 0.3) is 0 Å². The van der Waals surface area contributed by atoms with Crippen molar-refractivity contribution in [2.45, 2.75) is 38.8 Å². The second-order valence-corrected chi connectivity index (χ2v) is 6.53. The molecule has 0 aromatic carbocycles. The summed E-state index contributed by atoms with van der Waals surface area (Å²) in [6.07, 6.45) is 6.07. The fourth-order valence-electron chi connectivity index (χ4n) is 3.47. The Balaban J connectivity index is 1.53. The fraction of sp³-hybridized carbons (Fsp3) is 0.722. The van der Waals surface area contributed by atoms with E-state index in [1.165, 1.54) is 31.5 Å². The minimum absolute atomic E-state index is 0.339. The Hall–Kier alpha value is -1.17. The van der Waals surface area contributed by atoms with E-state index in [-0.39, 0.29) is 0 Å². The predicted octanol–water partition coefficient (Wildman–Crippen LogP) is 2.17. The first-order valence-electron chi connectivity index (χ1n) is 8.97. The van der Waals surface area contributed by atoms with E-state index in [0.29, 0.717) is 18.6 Å². The number of nitrogens with zero attached hydrogens (tertiary/aromatic N) is 3. The zero-order chi connectivity index (χ0) is 15.9. The van der Waals surface area contributed by atoms with Crippen LogP contribution in [0.3, 0.4) is 0 Å². The maximum Gasteiger partial charge on any atom is 0.213 e. The molecule has 3 rings (SSSR count). The first kappa shape index (κ1) is 16.7. The zero-order valence-corrected chi connectivity index (χ0v) is 14.2. The van der Waals surface area contributed by atoms with E-state index >= 15 is 0 Å². The molecular formula is C18H29N3O2. The van der Waals surface area contributed by atoms with Crippen molar-refractivity contribution in [1.82, 2.24) is 14.8 Å². The normalized spacial score (nSPS) is 23.8. The van der Waals surface area contributed by atoms with Gasteiger partial charge in [-0.25, -0.2) is 4.98 Å². The molecule has 0 spiro atoms. The van der Waals surface area contributed by atoms with Crippen LogP contribution in [0.4, 0.5) is 0 Å². The van der Waals surface area contributed by atoms with Gasteiger partial charge in [-0.15, -0.1) is 0 Å². The maximum absolute atomic E-state index is 6.06. The van der Waals surface area contributed by atoms with Crippen molar-refractivity contribution in [3.05, 3.63) is 23.9 Å². The van der Waals surface area contributed by atoms with Gasteiger partial charge in [0.2, 0.25) is 5.88 Å². The monoisotopic (exact) mass is 319 g/mol. The van der Waals surface area contributed by atoms with Gasteiger partial charge in [-0.1, -0.05) is 6.07 Å². The summed E-state index contributed by atoms with van der Waals surface area (Å²) in [5, 5.41) is 0. The van der Waals surface area contributed by atoms with Gasteiger partial charge < -0.3 is 14.4 Å². The average molecular weight is 319 g/mol. The largest absolute Gasteiger partial charge is 0.478 e. The summed E-state index contributed by atoms with van der Waals surface area (Å²) in [5.74, 6) is 0.711. The third-order valence-electron chi connectivity index (χ3n) is 4.59. The van der Waals surface area contributed by atoms with E-state index in [9.17, 15) is 0 Å². The van der Waals surface area contributed by atoms with Crippen molar-refractivity contribution in [1.29, 1.82) is 0 Å². The van der Waals surface area contributed by atoms with Gasteiger partial charge in [-0.3, -0.25) is 4.90 Å². The van der Waals surface area contributed by atoms with Crippen LogP contribution in [-0.2, 0) is 11.3 Å². The molecule has 23 heavy (non-hydrogen) atoms. The van der Waals surface area contributed by atoms with Crippen LogP contribution >= 0.6 is 0 Å². The number of hydrogen-bond acceptors (Lipinski definition) is 5. The summed E-state index contributed by atoms with van der Waals surface area (Å²) in [6, 6.07) is 4.09. The molecule has 0 aliphatic carbocycles. The molecule has 0 N–H and O–H groups in total. The zero-order valence-electron chi connectivity index (χ0n) is 14.2. The quantitative estimate of drug-likeness (QED) is 0.803. The highest BCUT2D eigenvalue weighted by atomic mass is 16.5. The van der Waals surface area contributed by atoms with Gasteiger partial charge in [0, 0.05) is 45.0 Å². The lowest BCUT2D eigenvalue weighted by molar-refractivity contribution is 0.0307. The average Bonchev–Trinajstić information content (AvgIpc) is 2.96. The van der Waals surface area contributed by atoms with E-state index < -0.39 is 0 Å². The molecule has 1 aromatic heterocycles. The van der Waals surface area contributed by atoms with Crippen LogP contribution in [0, 0.1) is 0 Å². The summed E-state index contributed by atoms with van der Waals surface area (Å²) in [4.78, 5) is 9.42. The van der Waals surface area contributed by atoms with Crippen LogP contribution in [0.5, 0.6) is 5.88 Å². The Labute approximate surface area is 139 Å². The van der Waals surface area contributed by atoms with E-state index in [1.54, 1.807) is 0 Å². The summed E-state index contributed by atoms with van der Waals surface area (Å²) >= 11 is 0. The van der Waals surface area contributed by atoms with Crippen molar-refractivity contribution in [3.63, 3.8) is 0 Å². The molecule has 2 aliphatic rings. The highest BCUT2D eigenvalue weighted by molar-refractivity contribution is 5.17. The van der Waals surface area contributed by atoms with Crippen LogP contribution in [-0.4, -0.2) is 66.8 Å². The summed E-state index contributed by atoms with van der Waals surface area (Å²) in [5.41, 5.74) is 1.25. The van der Waals surface area contributed by atoms with Crippen molar-refractivity contribution in [2.75, 3.05) is 45.9 Å². The number of likely N-dealkylation sites (tertiary alicyclic amines) is 1. The van der Waals surface area contributed by atoms with E-state index in [1.807, 2.05) is 19.2 Å². The summed E-state index contributed by atoms with van der Waals surface area (Å²) in [6.45, 7) is 10.1. The van der Waals surface area contributed by atoms with Crippen LogP contribution < -0.4 is 4.74 Å². The number of hydrogen-bond donors (Lipinski definition) is 0. The van der Waals surface area contributed by atoms with E-state index in [4.69, 9.17) is 9.47 Å². The van der Waals surface area contributed by atoms with Crippen molar-refractivity contribution < 1.29 is 9.47 Å². The number of aromatic nitrogens is 1. The molecule has 0 bridgehead atoms. The van der Waals surface area contributed by atoms with Crippen LogP contribution in [0.15, 0.2) is 18.3 Å². The third-order valence-corrected chi connectivity index (χ3v) is 4.59. The molecule has 5 nitrogen and oxygen atoms in total. The number of pyridine rings is 1. The molecule has 1 aromatic rings. The van der Waals surface area contributed by atoms with Gasteiger partial charge >= 0.3 is 0 Å². The van der Waals surface area contributed by atoms with Gasteiger partial charge in [0.15, 0.2) is 0 Å². The van der Waals surface area contributed by atoms with Crippen LogP contribution in [0.25, 0.3) is 0 Å². The lowest BCUT2D eigenvalue weighted by Crippen LogP contribution is -2.39. The number of rotatable bonds is 6. The lowest BCUT2D eigenvalue weighted by Gasteiger charge is -2.26. The molecule has 2 aliphatic heterocycles. The topological polar surface area (TPSA) is 37.8 Å². The highest BCUT2D eigenvalue weighted by Gasteiger charge is 2.22. The first-order valence-corrected chi connectivity index (χ1v) is 8.97. The molecule has 1 atom stereocenters. The molecule has 128 valence electrons. The summed E-state index contributed by atoms with van der Waals surface area (Å²) < 4.78 is 11.5. The lowest BCUT2D eigenvalue weighted by atomic mass is 10.2. The standard InChI is InChI=1S/C18H29N3O2/c1-2-22-18-7-6-16(12-19-18)13-21-10-5-11-23-17(15-21)14-20-8-3-4-9-20/h6-7,12,17H,2-5,8-11,13-15H2,1H3/t17-/m0/s1. The fourth-order valence-corrected chi connectivity index (χ4v) is 3.47. The third kappa shape index (κ3) is 5.16. The molecule has 3 heterocycles. The highest BCUT2D eigenvalue weighted by Crippen LogP contribution is 2.15. The van der Waals surface area contributed by atoms with Crippen LogP contribution in [0.2, 0.25) is 0 Å². The molecule has 0 radical (unpaired) electrons. The SMILES string of the molecule is CCOc1ccc(CN2CCCO[C@@H](CN3CCCC3)C2)cn1. The second-order valence-electron chi connectivity index (χ2n) is 6.53. The smallest absolute Gasteiger partial charge is 0.213 e. The Bertz CT molecular complexity index is 460. The maximum atomic E-state index is 6.06. The molecule has 5 heteroatoms. The number of ether oxygens (including phenoxy) is 2. The Morgan fingerprint density at radius 3 is 2.74 bits per heavy atom. The predicted molar refractivity (Wildman–Crippen MR) is 90.7 cm³/mol. The van der Waals surface area contributed by atoms with E-state index in [0.717, 1.165) is 39.2 Å². The molecule has 0 saturated carbocycles. The minimum atomic E-state index is 0.339. The molecule has 2 fully saturated rings. The van der Waals surface area contributed by atoms with E-state index in [2.05, 4.69) is 20.9 Å². The van der Waals surface area contributed by atoms with Crippen molar-refractivity contribution >= 4 is 0 Å². The molecular weight excluding hydrogens is 290 g/mol.